The van der Waals surface area contributed by atoms with E-state index in [2.05, 4.69) is 0 Å². The summed E-state index contributed by atoms with van der Waals surface area (Å²) in [6, 6.07) is 6.10. The van der Waals surface area contributed by atoms with Crippen molar-refractivity contribution in [1.29, 1.82) is 0 Å². The lowest BCUT2D eigenvalue weighted by Gasteiger charge is -2.32. The zero-order valence-electron chi connectivity index (χ0n) is 11.3. The van der Waals surface area contributed by atoms with Crippen molar-refractivity contribution in [1.82, 2.24) is 0 Å². The van der Waals surface area contributed by atoms with Crippen LogP contribution in [0.5, 0.6) is 0 Å². The summed E-state index contributed by atoms with van der Waals surface area (Å²) in [4.78, 5) is 10.3. The van der Waals surface area contributed by atoms with Crippen LogP contribution in [0, 0.1) is 15.5 Å². The van der Waals surface area contributed by atoms with Crippen LogP contribution >= 0.6 is 7.82 Å². The normalized spacial score (nSPS) is 20.5. The molecule has 0 aromatic heterocycles. The topological polar surface area (TPSA) is 87.9 Å². The van der Waals surface area contributed by atoms with Crippen LogP contribution in [0.15, 0.2) is 24.3 Å². The summed E-state index contributed by atoms with van der Waals surface area (Å²) in [7, 11) is -3.63. The molecule has 0 N–H and O–H groups in total. The van der Waals surface area contributed by atoms with Gasteiger partial charge >= 0.3 is 7.82 Å². The lowest BCUT2D eigenvalue weighted by Crippen LogP contribution is -2.29. The van der Waals surface area contributed by atoms with Gasteiger partial charge in [-0.15, -0.1) is 0 Å². The van der Waals surface area contributed by atoms with Gasteiger partial charge in [0.05, 0.1) is 30.3 Å². The van der Waals surface area contributed by atoms with E-state index < -0.39 is 12.7 Å². The molecule has 1 aromatic rings. The van der Waals surface area contributed by atoms with Gasteiger partial charge < -0.3 is 0 Å². The summed E-state index contributed by atoms with van der Waals surface area (Å²) in [5.74, 6) is 0. The van der Waals surface area contributed by atoms with Crippen LogP contribution in [-0.2, 0) is 24.7 Å². The fourth-order valence-electron chi connectivity index (χ4n) is 1.62. The van der Waals surface area contributed by atoms with E-state index in [9.17, 15) is 14.7 Å². The van der Waals surface area contributed by atoms with E-state index in [-0.39, 0.29) is 30.9 Å². The molecule has 7 nitrogen and oxygen atoms in total. The summed E-state index contributed by atoms with van der Waals surface area (Å²) in [6.45, 7) is 4.13. The fourth-order valence-corrected chi connectivity index (χ4v) is 3.16. The third kappa shape index (κ3) is 3.64. The van der Waals surface area contributed by atoms with Gasteiger partial charge in [0.2, 0.25) is 0 Å². The van der Waals surface area contributed by atoms with Crippen molar-refractivity contribution in [3.8, 4) is 0 Å². The average Bonchev–Trinajstić information content (AvgIpc) is 2.41. The number of phosphoric acid groups is 1. The van der Waals surface area contributed by atoms with Gasteiger partial charge in [0.25, 0.3) is 5.69 Å². The number of hydrogen-bond donors (Lipinski definition) is 0. The van der Waals surface area contributed by atoms with E-state index in [4.69, 9.17) is 13.6 Å². The minimum atomic E-state index is -3.63. The molecule has 1 fully saturated rings. The maximum Gasteiger partial charge on any atom is 0.475 e. The second-order valence-electron chi connectivity index (χ2n) is 5.32. The first-order valence-electron chi connectivity index (χ1n) is 6.07. The number of para-hydroxylation sites is 1. The summed E-state index contributed by atoms with van der Waals surface area (Å²) >= 11 is 0. The molecule has 0 bridgehead atoms. The molecule has 0 unspecified atom stereocenters. The minimum Gasteiger partial charge on any atom is -0.286 e. The van der Waals surface area contributed by atoms with Crippen LogP contribution < -0.4 is 0 Å². The first kappa shape index (κ1) is 15.1. The molecule has 0 aliphatic carbocycles. The van der Waals surface area contributed by atoms with Crippen molar-refractivity contribution in [2.45, 2.75) is 20.5 Å². The Balaban J connectivity index is 2.03. The summed E-state index contributed by atoms with van der Waals surface area (Å²) in [5, 5.41) is 10.9. The lowest BCUT2D eigenvalue weighted by molar-refractivity contribution is -0.385. The van der Waals surface area contributed by atoms with Gasteiger partial charge in [-0.3, -0.25) is 23.7 Å². The van der Waals surface area contributed by atoms with Gasteiger partial charge in [-0.2, -0.15) is 0 Å². The minimum absolute atomic E-state index is 0.0866. The quantitative estimate of drug-likeness (QED) is 0.481. The molecule has 8 heteroatoms. The number of nitro benzene ring substituents is 1. The summed E-state index contributed by atoms with van der Waals surface area (Å²) in [5.41, 5.74) is 0.0110. The molecule has 1 aromatic carbocycles. The highest BCUT2D eigenvalue weighted by Crippen LogP contribution is 2.55. The Labute approximate surface area is 116 Å². The van der Waals surface area contributed by atoms with Crippen molar-refractivity contribution in [2.24, 2.45) is 5.41 Å². The van der Waals surface area contributed by atoms with Crippen LogP contribution in [-0.4, -0.2) is 18.1 Å². The van der Waals surface area contributed by atoms with Gasteiger partial charge in [0.1, 0.15) is 0 Å². The number of nitrogens with zero attached hydrogens (tertiary/aromatic N) is 1. The van der Waals surface area contributed by atoms with Crippen LogP contribution in [0.3, 0.4) is 0 Å². The summed E-state index contributed by atoms with van der Waals surface area (Å²) < 4.78 is 27.6. The third-order valence-electron chi connectivity index (χ3n) is 2.79. The molecule has 0 saturated carbocycles. The van der Waals surface area contributed by atoms with Crippen LogP contribution in [0.2, 0.25) is 0 Å². The van der Waals surface area contributed by atoms with Crippen molar-refractivity contribution in [3.63, 3.8) is 0 Å². The molecule has 0 amide bonds. The number of hydrogen-bond acceptors (Lipinski definition) is 6. The van der Waals surface area contributed by atoms with Crippen molar-refractivity contribution in [3.05, 3.63) is 39.9 Å². The molecule has 1 aliphatic rings. The van der Waals surface area contributed by atoms with E-state index in [1.165, 1.54) is 12.1 Å². The first-order valence-corrected chi connectivity index (χ1v) is 7.53. The van der Waals surface area contributed by atoms with Gasteiger partial charge in [-0.25, -0.2) is 4.57 Å². The van der Waals surface area contributed by atoms with Crippen molar-refractivity contribution >= 4 is 13.5 Å². The number of phosphoric ester groups is 1. The van der Waals surface area contributed by atoms with Gasteiger partial charge in [-0.05, 0) is 6.07 Å². The lowest BCUT2D eigenvalue weighted by atomic mass is 9.97. The SMILES string of the molecule is CC1(C)COP(=O)(OCc2ccccc2[N+](=O)[O-])OC1. The molecular weight excluding hydrogens is 285 g/mol. The smallest absolute Gasteiger partial charge is 0.286 e. The molecule has 1 heterocycles. The second-order valence-corrected chi connectivity index (χ2v) is 6.99. The Morgan fingerprint density at radius 2 is 1.95 bits per heavy atom. The highest BCUT2D eigenvalue weighted by atomic mass is 31.2. The number of rotatable bonds is 4. The predicted molar refractivity (Wildman–Crippen MR) is 71.2 cm³/mol. The zero-order valence-corrected chi connectivity index (χ0v) is 12.2. The Hall–Kier alpha value is -1.27. The number of benzene rings is 1. The highest BCUT2D eigenvalue weighted by Gasteiger charge is 2.38. The van der Waals surface area contributed by atoms with E-state index in [0.29, 0.717) is 5.56 Å². The molecule has 110 valence electrons. The largest absolute Gasteiger partial charge is 0.475 e. The average molecular weight is 301 g/mol. The Morgan fingerprint density at radius 3 is 2.55 bits per heavy atom. The Kier molecular flexibility index (Phi) is 4.25. The number of nitro groups is 1. The standard InChI is InChI=1S/C12H16NO6P/c1-12(2)8-18-20(16,19-9-12)17-7-10-5-3-4-6-11(10)13(14)15/h3-6H,7-9H2,1-2H3. The molecule has 20 heavy (non-hydrogen) atoms. The molecule has 0 radical (unpaired) electrons. The van der Waals surface area contributed by atoms with Crippen molar-refractivity contribution in [2.75, 3.05) is 13.2 Å². The van der Waals surface area contributed by atoms with Crippen molar-refractivity contribution < 1.29 is 23.1 Å². The zero-order chi connectivity index (χ0) is 14.8. The predicted octanol–water partition coefficient (Wildman–Crippen LogP) is 3.29. The van der Waals surface area contributed by atoms with Gasteiger partial charge in [-0.1, -0.05) is 26.0 Å². The third-order valence-corrected chi connectivity index (χ3v) is 4.13. The molecule has 2 rings (SSSR count). The van der Waals surface area contributed by atoms with E-state index in [0.717, 1.165) is 0 Å². The molecule has 0 atom stereocenters. The van der Waals surface area contributed by atoms with Crippen LogP contribution in [0.25, 0.3) is 0 Å². The maximum atomic E-state index is 12.1. The van der Waals surface area contributed by atoms with Gasteiger partial charge in [0.15, 0.2) is 0 Å². The fraction of sp³-hybridized carbons (Fsp3) is 0.500. The van der Waals surface area contributed by atoms with Gasteiger partial charge in [0, 0.05) is 11.5 Å². The second kappa shape index (κ2) is 5.61. The van der Waals surface area contributed by atoms with E-state index >= 15 is 0 Å². The Bertz CT molecular complexity index is 545. The molecule has 0 spiro atoms. The molecular formula is C12H16NO6P. The maximum absolute atomic E-state index is 12.1. The highest BCUT2D eigenvalue weighted by molar-refractivity contribution is 7.48. The Morgan fingerprint density at radius 1 is 1.35 bits per heavy atom. The van der Waals surface area contributed by atoms with E-state index in [1.807, 2.05) is 13.8 Å². The van der Waals surface area contributed by atoms with E-state index in [1.54, 1.807) is 12.1 Å². The first-order chi connectivity index (χ1) is 9.31. The molecule has 1 aliphatic heterocycles. The monoisotopic (exact) mass is 301 g/mol. The molecule has 1 saturated heterocycles. The summed E-state index contributed by atoms with van der Waals surface area (Å²) in [6.07, 6.45) is 0. The van der Waals surface area contributed by atoms with Crippen LogP contribution in [0.4, 0.5) is 5.69 Å². The van der Waals surface area contributed by atoms with Crippen LogP contribution in [0.1, 0.15) is 19.4 Å².